The first-order valence-corrected chi connectivity index (χ1v) is 7.10. The maximum Gasteiger partial charge on any atom is 0.0663 e. The molecule has 0 bridgehead atoms. The van der Waals surface area contributed by atoms with Crippen LogP contribution in [0.5, 0.6) is 0 Å². The summed E-state index contributed by atoms with van der Waals surface area (Å²) in [4.78, 5) is 2.26. The Bertz CT molecular complexity index is 371. The molecule has 18 heavy (non-hydrogen) atoms. The second kappa shape index (κ2) is 7.77. The Morgan fingerprint density at radius 2 is 2.17 bits per heavy atom. The summed E-state index contributed by atoms with van der Waals surface area (Å²) in [6, 6.07) is 6.77. The first-order chi connectivity index (χ1) is 8.60. The number of benzene rings is 1. The molecule has 0 aliphatic carbocycles. The number of hydrogen-bond donors (Lipinski definition) is 1. The van der Waals surface area contributed by atoms with Crippen LogP contribution in [0, 0.1) is 0 Å². The molecule has 1 aromatic rings. The van der Waals surface area contributed by atoms with Crippen LogP contribution in [0.15, 0.2) is 22.7 Å². The van der Waals surface area contributed by atoms with Gasteiger partial charge in [-0.25, -0.2) is 0 Å². The van der Waals surface area contributed by atoms with Crippen LogP contribution >= 0.6 is 15.9 Å². The van der Waals surface area contributed by atoms with E-state index in [1.165, 1.54) is 11.3 Å². The van der Waals surface area contributed by atoms with Crippen molar-refractivity contribution < 1.29 is 4.74 Å². The predicted molar refractivity (Wildman–Crippen MR) is 81.3 cm³/mol. The van der Waals surface area contributed by atoms with E-state index in [1.54, 1.807) is 7.11 Å². The first-order valence-electron chi connectivity index (χ1n) is 6.31. The standard InChI is InChI=1S/C14H23BrN2O/c1-5-16-9-12-6-7-13(15)8-14(12)17(3)11(2)10-18-4/h6-8,11,16H,5,9-10H2,1-4H3. The van der Waals surface area contributed by atoms with E-state index in [0.717, 1.165) is 24.2 Å². The summed E-state index contributed by atoms with van der Waals surface area (Å²) in [5, 5.41) is 3.38. The Morgan fingerprint density at radius 1 is 1.44 bits per heavy atom. The summed E-state index contributed by atoms with van der Waals surface area (Å²) in [5.74, 6) is 0. The van der Waals surface area contributed by atoms with Gasteiger partial charge in [-0.3, -0.25) is 0 Å². The van der Waals surface area contributed by atoms with Gasteiger partial charge in [0.1, 0.15) is 0 Å². The number of nitrogens with one attached hydrogen (secondary N) is 1. The molecule has 1 N–H and O–H groups in total. The molecular weight excluding hydrogens is 292 g/mol. The van der Waals surface area contributed by atoms with Gasteiger partial charge in [-0.15, -0.1) is 0 Å². The smallest absolute Gasteiger partial charge is 0.0663 e. The number of ether oxygens (including phenoxy) is 1. The summed E-state index contributed by atoms with van der Waals surface area (Å²) in [7, 11) is 3.85. The van der Waals surface area contributed by atoms with Gasteiger partial charge in [0.05, 0.1) is 6.61 Å². The van der Waals surface area contributed by atoms with Crippen molar-refractivity contribution in [2.75, 3.05) is 32.2 Å². The first kappa shape index (κ1) is 15.5. The lowest BCUT2D eigenvalue weighted by Crippen LogP contribution is -2.33. The van der Waals surface area contributed by atoms with Crippen molar-refractivity contribution in [1.82, 2.24) is 5.32 Å². The monoisotopic (exact) mass is 314 g/mol. The zero-order valence-corrected chi connectivity index (χ0v) is 13.3. The Labute approximate surface area is 119 Å². The van der Waals surface area contributed by atoms with Crippen LogP contribution in [0.3, 0.4) is 0 Å². The van der Waals surface area contributed by atoms with Gasteiger partial charge in [-0.2, -0.15) is 0 Å². The van der Waals surface area contributed by atoms with Crippen molar-refractivity contribution in [1.29, 1.82) is 0 Å². The normalized spacial score (nSPS) is 12.5. The van der Waals surface area contributed by atoms with Crippen molar-refractivity contribution in [3.05, 3.63) is 28.2 Å². The SMILES string of the molecule is CCNCc1ccc(Br)cc1N(C)C(C)COC. The summed E-state index contributed by atoms with van der Waals surface area (Å²) in [6.07, 6.45) is 0. The van der Waals surface area contributed by atoms with E-state index < -0.39 is 0 Å². The van der Waals surface area contributed by atoms with Crippen LogP contribution in [-0.4, -0.2) is 33.4 Å². The van der Waals surface area contributed by atoms with Gasteiger partial charge in [-0.05, 0) is 31.2 Å². The molecule has 0 saturated carbocycles. The molecule has 0 aromatic heterocycles. The van der Waals surface area contributed by atoms with Crippen LogP contribution in [0.2, 0.25) is 0 Å². The van der Waals surface area contributed by atoms with Gasteiger partial charge < -0.3 is 15.0 Å². The molecule has 1 rings (SSSR count). The molecule has 1 atom stereocenters. The summed E-state index contributed by atoms with van der Waals surface area (Å²) in [6.45, 7) is 6.89. The van der Waals surface area contributed by atoms with Crippen molar-refractivity contribution in [3.63, 3.8) is 0 Å². The minimum absolute atomic E-state index is 0.352. The summed E-state index contributed by atoms with van der Waals surface area (Å²) >= 11 is 3.54. The molecule has 0 amide bonds. The molecule has 4 heteroatoms. The fourth-order valence-electron chi connectivity index (χ4n) is 1.86. The molecule has 0 saturated heterocycles. The minimum atomic E-state index is 0.352. The van der Waals surface area contributed by atoms with Crippen LogP contribution in [0.25, 0.3) is 0 Å². The van der Waals surface area contributed by atoms with Gasteiger partial charge in [-0.1, -0.05) is 28.9 Å². The molecular formula is C14H23BrN2O. The molecule has 1 unspecified atom stereocenters. The number of halogens is 1. The average molecular weight is 315 g/mol. The molecule has 0 spiro atoms. The quantitative estimate of drug-likeness (QED) is 0.837. The van der Waals surface area contributed by atoms with E-state index >= 15 is 0 Å². The van der Waals surface area contributed by atoms with E-state index in [4.69, 9.17) is 4.74 Å². The van der Waals surface area contributed by atoms with Gasteiger partial charge in [0.2, 0.25) is 0 Å². The zero-order chi connectivity index (χ0) is 13.5. The number of likely N-dealkylation sites (N-methyl/N-ethyl adjacent to an activating group) is 1. The second-order valence-corrected chi connectivity index (χ2v) is 5.38. The summed E-state index contributed by atoms with van der Waals surface area (Å²) < 4.78 is 6.33. The fourth-order valence-corrected chi connectivity index (χ4v) is 2.21. The van der Waals surface area contributed by atoms with Gasteiger partial charge in [0.25, 0.3) is 0 Å². The van der Waals surface area contributed by atoms with Gasteiger partial charge in [0.15, 0.2) is 0 Å². The predicted octanol–water partition coefficient (Wildman–Crippen LogP) is 3.03. The third kappa shape index (κ3) is 4.26. The molecule has 3 nitrogen and oxygen atoms in total. The number of anilines is 1. The number of methoxy groups -OCH3 is 1. The van der Waals surface area contributed by atoms with E-state index in [1.807, 2.05) is 0 Å². The zero-order valence-electron chi connectivity index (χ0n) is 11.7. The maximum absolute atomic E-state index is 5.23. The maximum atomic E-state index is 5.23. The van der Waals surface area contributed by atoms with E-state index in [2.05, 4.69) is 65.2 Å². The lowest BCUT2D eigenvalue weighted by Gasteiger charge is -2.29. The van der Waals surface area contributed by atoms with Crippen molar-refractivity contribution in [2.45, 2.75) is 26.4 Å². The molecule has 0 heterocycles. The molecule has 1 aromatic carbocycles. The van der Waals surface area contributed by atoms with Crippen LogP contribution in [-0.2, 0) is 11.3 Å². The van der Waals surface area contributed by atoms with Crippen molar-refractivity contribution in [2.24, 2.45) is 0 Å². The fraction of sp³-hybridized carbons (Fsp3) is 0.571. The number of rotatable bonds is 7. The Morgan fingerprint density at radius 3 is 2.78 bits per heavy atom. The highest BCUT2D eigenvalue weighted by atomic mass is 79.9. The lowest BCUT2D eigenvalue weighted by molar-refractivity contribution is 0.183. The Hall–Kier alpha value is -0.580. The molecule has 0 fully saturated rings. The van der Waals surface area contributed by atoms with Gasteiger partial charge in [0, 0.05) is 36.9 Å². The molecule has 0 aliphatic heterocycles. The van der Waals surface area contributed by atoms with E-state index in [9.17, 15) is 0 Å². The van der Waals surface area contributed by atoms with Crippen molar-refractivity contribution >= 4 is 21.6 Å². The highest BCUT2D eigenvalue weighted by Crippen LogP contribution is 2.25. The molecule has 102 valence electrons. The minimum Gasteiger partial charge on any atom is -0.383 e. The highest BCUT2D eigenvalue weighted by Gasteiger charge is 2.13. The van der Waals surface area contributed by atoms with Crippen molar-refractivity contribution in [3.8, 4) is 0 Å². The topological polar surface area (TPSA) is 24.5 Å². The molecule has 0 aliphatic rings. The Balaban J connectivity index is 2.92. The number of nitrogens with zero attached hydrogens (tertiary/aromatic N) is 1. The third-order valence-electron chi connectivity index (χ3n) is 3.06. The highest BCUT2D eigenvalue weighted by molar-refractivity contribution is 9.10. The third-order valence-corrected chi connectivity index (χ3v) is 3.56. The second-order valence-electron chi connectivity index (χ2n) is 4.47. The van der Waals surface area contributed by atoms with E-state index in [0.29, 0.717) is 6.04 Å². The largest absolute Gasteiger partial charge is 0.383 e. The van der Waals surface area contributed by atoms with Crippen LogP contribution < -0.4 is 10.2 Å². The number of hydrogen-bond acceptors (Lipinski definition) is 3. The van der Waals surface area contributed by atoms with Crippen LogP contribution in [0.1, 0.15) is 19.4 Å². The molecule has 0 radical (unpaired) electrons. The lowest BCUT2D eigenvalue weighted by atomic mass is 10.1. The summed E-state index contributed by atoms with van der Waals surface area (Å²) in [5.41, 5.74) is 2.56. The van der Waals surface area contributed by atoms with Crippen LogP contribution in [0.4, 0.5) is 5.69 Å². The Kier molecular flexibility index (Phi) is 6.68. The van der Waals surface area contributed by atoms with Gasteiger partial charge >= 0.3 is 0 Å². The van der Waals surface area contributed by atoms with E-state index in [-0.39, 0.29) is 0 Å². The average Bonchev–Trinajstić information content (AvgIpc) is 2.36.